The predicted molar refractivity (Wildman–Crippen MR) is 80.3 cm³/mol. The zero-order valence-electron chi connectivity index (χ0n) is 11.2. The number of nitrogens with two attached hydrogens (primary N) is 1. The van der Waals surface area contributed by atoms with Gasteiger partial charge in [0.25, 0.3) is 0 Å². The molecule has 0 radical (unpaired) electrons. The lowest BCUT2D eigenvalue weighted by Gasteiger charge is -2.32. The first-order valence-electron chi connectivity index (χ1n) is 6.83. The fraction of sp³-hybridized carbons (Fsp3) is 0.533. The van der Waals surface area contributed by atoms with Gasteiger partial charge in [0.15, 0.2) is 0 Å². The molecule has 3 N–H and O–H groups in total. The molecule has 19 heavy (non-hydrogen) atoms. The lowest BCUT2D eigenvalue weighted by Crippen LogP contribution is -2.45. The quantitative estimate of drug-likeness (QED) is 0.890. The molecule has 106 valence electrons. The summed E-state index contributed by atoms with van der Waals surface area (Å²) in [5.74, 6) is 0.525. The van der Waals surface area contributed by atoms with E-state index in [9.17, 15) is 4.79 Å². The van der Waals surface area contributed by atoms with Gasteiger partial charge in [0.2, 0.25) is 5.91 Å². The lowest BCUT2D eigenvalue weighted by molar-refractivity contribution is -0.121. The zero-order valence-corrected chi connectivity index (χ0v) is 12.0. The van der Waals surface area contributed by atoms with Crippen LogP contribution in [0.2, 0.25) is 0 Å². The highest BCUT2D eigenvalue weighted by atomic mass is 35.5. The molecule has 2 atom stereocenters. The van der Waals surface area contributed by atoms with Crippen molar-refractivity contribution in [3.63, 3.8) is 0 Å². The van der Waals surface area contributed by atoms with Crippen LogP contribution >= 0.6 is 12.4 Å². The average Bonchev–Trinajstić information content (AvgIpc) is 2.42. The van der Waals surface area contributed by atoms with Crippen LogP contribution in [-0.4, -0.2) is 18.5 Å². The van der Waals surface area contributed by atoms with Gasteiger partial charge in [0.05, 0.1) is 6.54 Å². The van der Waals surface area contributed by atoms with Gasteiger partial charge >= 0.3 is 0 Å². The van der Waals surface area contributed by atoms with Crippen LogP contribution in [0, 0.1) is 5.92 Å². The van der Waals surface area contributed by atoms with E-state index in [1.54, 1.807) is 0 Å². The first-order chi connectivity index (χ1) is 8.79. The molecule has 2 rings (SSSR count). The van der Waals surface area contributed by atoms with Gasteiger partial charge in [-0.05, 0) is 30.7 Å². The number of hydrogen-bond acceptors (Lipinski definition) is 2. The van der Waals surface area contributed by atoms with Crippen LogP contribution in [-0.2, 0) is 11.2 Å². The van der Waals surface area contributed by atoms with Crippen molar-refractivity contribution >= 4 is 18.3 Å². The van der Waals surface area contributed by atoms with Crippen molar-refractivity contribution in [3.8, 4) is 0 Å². The Morgan fingerprint density at radius 3 is 2.58 bits per heavy atom. The van der Waals surface area contributed by atoms with Crippen LogP contribution in [0.1, 0.15) is 31.2 Å². The Balaban J connectivity index is 0.00000180. The Morgan fingerprint density at radius 2 is 1.89 bits per heavy atom. The van der Waals surface area contributed by atoms with Crippen molar-refractivity contribution in [3.05, 3.63) is 35.9 Å². The van der Waals surface area contributed by atoms with Gasteiger partial charge < -0.3 is 11.1 Å². The highest BCUT2D eigenvalue weighted by molar-refractivity contribution is 5.85. The summed E-state index contributed by atoms with van der Waals surface area (Å²) in [5.41, 5.74) is 6.73. The summed E-state index contributed by atoms with van der Waals surface area (Å²) >= 11 is 0. The molecule has 0 saturated heterocycles. The molecule has 4 heteroatoms. The minimum atomic E-state index is -0.0278. The van der Waals surface area contributed by atoms with E-state index in [0.717, 1.165) is 12.8 Å². The molecule has 1 aromatic rings. The minimum absolute atomic E-state index is 0. The molecule has 3 nitrogen and oxygen atoms in total. The second kappa shape index (κ2) is 8.18. The molecule has 0 heterocycles. The highest BCUT2D eigenvalue weighted by Gasteiger charge is 2.26. The fourth-order valence-electron chi connectivity index (χ4n) is 2.82. The predicted octanol–water partition coefficient (Wildman–Crippen LogP) is 2.28. The highest BCUT2D eigenvalue weighted by Crippen LogP contribution is 2.27. The van der Waals surface area contributed by atoms with Crippen molar-refractivity contribution in [2.45, 2.75) is 38.1 Å². The normalized spacial score (nSPS) is 22.4. The van der Waals surface area contributed by atoms with Crippen molar-refractivity contribution in [1.29, 1.82) is 0 Å². The minimum Gasteiger partial charge on any atom is -0.352 e. The number of carbonyl (C=O) groups excluding carboxylic acids is 1. The summed E-state index contributed by atoms with van der Waals surface area (Å²) in [7, 11) is 0. The molecule has 0 bridgehead atoms. The maximum absolute atomic E-state index is 11.4. The van der Waals surface area contributed by atoms with E-state index in [1.165, 1.54) is 24.8 Å². The Morgan fingerprint density at radius 1 is 1.21 bits per heavy atom. The molecule has 0 aromatic heterocycles. The van der Waals surface area contributed by atoms with Crippen LogP contribution < -0.4 is 11.1 Å². The van der Waals surface area contributed by atoms with Crippen molar-refractivity contribution in [1.82, 2.24) is 5.32 Å². The van der Waals surface area contributed by atoms with Gasteiger partial charge in [-0.15, -0.1) is 12.4 Å². The van der Waals surface area contributed by atoms with Gasteiger partial charge in [-0.1, -0.05) is 43.2 Å². The van der Waals surface area contributed by atoms with Crippen molar-refractivity contribution < 1.29 is 4.79 Å². The lowest BCUT2D eigenvalue weighted by atomic mass is 9.80. The third-order valence-corrected chi connectivity index (χ3v) is 3.78. The number of halogens is 1. The molecule has 1 fully saturated rings. The van der Waals surface area contributed by atoms with E-state index in [-0.39, 0.29) is 24.9 Å². The molecule has 2 unspecified atom stereocenters. The first-order valence-corrected chi connectivity index (χ1v) is 6.83. The molecule has 0 aliphatic heterocycles. The summed E-state index contributed by atoms with van der Waals surface area (Å²) in [4.78, 5) is 11.4. The van der Waals surface area contributed by atoms with Crippen LogP contribution in [0.3, 0.4) is 0 Å². The monoisotopic (exact) mass is 282 g/mol. The molecule has 1 aromatic carbocycles. The Bertz CT molecular complexity index is 383. The number of nitrogens with one attached hydrogen (secondary N) is 1. The van der Waals surface area contributed by atoms with Gasteiger partial charge in [0, 0.05) is 6.04 Å². The summed E-state index contributed by atoms with van der Waals surface area (Å²) in [6, 6.07) is 10.8. The number of carbonyl (C=O) groups is 1. The van der Waals surface area contributed by atoms with Gasteiger partial charge in [-0.25, -0.2) is 0 Å². The molecular formula is C15H23ClN2O. The molecule has 1 aliphatic rings. The third-order valence-electron chi connectivity index (χ3n) is 3.78. The van der Waals surface area contributed by atoms with E-state index >= 15 is 0 Å². The smallest absolute Gasteiger partial charge is 0.233 e. The Hall–Kier alpha value is -1.06. The van der Waals surface area contributed by atoms with E-state index in [4.69, 9.17) is 5.73 Å². The van der Waals surface area contributed by atoms with Gasteiger partial charge in [0.1, 0.15) is 0 Å². The maximum Gasteiger partial charge on any atom is 0.233 e. The molecular weight excluding hydrogens is 260 g/mol. The van der Waals surface area contributed by atoms with Gasteiger partial charge in [-0.3, -0.25) is 4.79 Å². The van der Waals surface area contributed by atoms with E-state index in [2.05, 4.69) is 29.6 Å². The van der Waals surface area contributed by atoms with Crippen LogP contribution in [0.15, 0.2) is 30.3 Å². The summed E-state index contributed by atoms with van der Waals surface area (Å²) in [5, 5.41) is 3.07. The number of hydrogen-bond donors (Lipinski definition) is 2. The maximum atomic E-state index is 11.4. The topological polar surface area (TPSA) is 55.1 Å². The number of benzene rings is 1. The fourth-order valence-corrected chi connectivity index (χ4v) is 2.82. The Kier molecular flexibility index (Phi) is 6.89. The second-order valence-electron chi connectivity index (χ2n) is 5.11. The van der Waals surface area contributed by atoms with E-state index < -0.39 is 0 Å². The van der Waals surface area contributed by atoms with Crippen LogP contribution in [0.4, 0.5) is 0 Å². The molecule has 1 aliphatic carbocycles. The molecule has 1 saturated carbocycles. The summed E-state index contributed by atoms with van der Waals surface area (Å²) < 4.78 is 0. The third kappa shape index (κ3) is 4.84. The zero-order chi connectivity index (χ0) is 12.8. The Labute approximate surface area is 121 Å². The second-order valence-corrected chi connectivity index (χ2v) is 5.11. The van der Waals surface area contributed by atoms with Crippen LogP contribution in [0.25, 0.3) is 0 Å². The SMILES string of the molecule is Cl.NCC(=O)NC1CCCCC1Cc1ccccc1. The van der Waals surface area contributed by atoms with Crippen molar-refractivity contribution in [2.24, 2.45) is 11.7 Å². The number of rotatable bonds is 4. The van der Waals surface area contributed by atoms with Crippen LogP contribution in [0.5, 0.6) is 0 Å². The summed E-state index contributed by atoms with van der Waals surface area (Å²) in [6.45, 7) is 0.0918. The molecule has 1 amide bonds. The standard InChI is InChI=1S/C15H22N2O.ClH/c16-11-15(18)17-14-9-5-4-8-13(14)10-12-6-2-1-3-7-12;/h1-3,6-7,13-14H,4-5,8-11,16H2,(H,17,18);1H. The number of amides is 1. The van der Waals surface area contributed by atoms with E-state index in [0.29, 0.717) is 12.0 Å². The van der Waals surface area contributed by atoms with E-state index in [1.807, 2.05) is 6.07 Å². The van der Waals surface area contributed by atoms with Crippen molar-refractivity contribution in [2.75, 3.05) is 6.54 Å². The van der Waals surface area contributed by atoms with Gasteiger partial charge in [-0.2, -0.15) is 0 Å². The molecule has 0 spiro atoms. The summed E-state index contributed by atoms with van der Waals surface area (Å²) in [6.07, 6.45) is 5.82. The largest absolute Gasteiger partial charge is 0.352 e. The first kappa shape index (κ1) is 16.0. The average molecular weight is 283 g/mol.